The van der Waals surface area contributed by atoms with Crippen LogP contribution in [0.25, 0.3) is 28.0 Å². The molecule has 0 radical (unpaired) electrons. The standard InChI is InChI=1S/C20H18N4O3/c1-12-5-7-24-11-17(23-20(24)22-12)16-8-13-2-3-14(9-18(13)27-19(16)25)26-15-4-6-21-10-15/h2-3,5,7-9,11,15,21H,4,6,10H2,1H3/t15-/m1/s1. The zero-order valence-electron chi connectivity index (χ0n) is 14.8. The minimum atomic E-state index is -0.428. The van der Waals surface area contributed by atoms with Crippen LogP contribution in [0.4, 0.5) is 0 Å². The molecule has 1 fully saturated rings. The highest BCUT2D eigenvalue weighted by Gasteiger charge is 2.17. The number of ether oxygens (including phenoxy) is 1. The number of nitrogens with zero attached hydrogens (tertiary/aromatic N) is 3. The van der Waals surface area contributed by atoms with Gasteiger partial charge in [-0.25, -0.2) is 14.8 Å². The summed E-state index contributed by atoms with van der Waals surface area (Å²) in [6.07, 6.45) is 4.79. The van der Waals surface area contributed by atoms with Gasteiger partial charge in [-0.1, -0.05) is 0 Å². The summed E-state index contributed by atoms with van der Waals surface area (Å²) >= 11 is 0. The zero-order valence-corrected chi connectivity index (χ0v) is 14.8. The van der Waals surface area contributed by atoms with Gasteiger partial charge in [0.25, 0.3) is 0 Å². The molecule has 0 spiro atoms. The molecular formula is C20H18N4O3. The smallest absolute Gasteiger partial charge is 0.345 e. The van der Waals surface area contributed by atoms with E-state index in [1.54, 1.807) is 22.7 Å². The van der Waals surface area contributed by atoms with Crippen LogP contribution in [0.5, 0.6) is 5.75 Å². The van der Waals surface area contributed by atoms with Gasteiger partial charge in [0.05, 0.1) is 11.3 Å². The van der Waals surface area contributed by atoms with Gasteiger partial charge in [0, 0.05) is 36.1 Å². The molecule has 1 atom stereocenters. The topological polar surface area (TPSA) is 81.7 Å². The third-order valence-corrected chi connectivity index (χ3v) is 4.77. The fourth-order valence-corrected chi connectivity index (χ4v) is 3.35. The van der Waals surface area contributed by atoms with E-state index >= 15 is 0 Å². The third kappa shape index (κ3) is 2.96. The number of rotatable bonds is 3. The molecule has 0 amide bonds. The fraction of sp³-hybridized carbons (Fsp3) is 0.250. The predicted octanol–water partition coefficient (Wildman–Crippen LogP) is 2.55. The lowest BCUT2D eigenvalue weighted by Gasteiger charge is -2.12. The van der Waals surface area contributed by atoms with E-state index in [0.717, 1.165) is 30.6 Å². The van der Waals surface area contributed by atoms with E-state index in [1.165, 1.54) is 0 Å². The highest BCUT2D eigenvalue weighted by molar-refractivity contribution is 5.82. The summed E-state index contributed by atoms with van der Waals surface area (Å²) in [6, 6.07) is 9.27. The molecule has 3 aromatic heterocycles. The van der Waals surface area contributed by atoms with Crippen molar-refractivity contribution in [1.82, 2.24) is 19.7 Å². The molecule has 0 bridgehead atoms. The van der Waals surface area contributed by atoms with Crippen LogP contribution >= 0.6 is 0 Å². The van der Waals surface area contributed by atoms with E-state index in [2.05, 4.69) is 15.3 Å². The van der Waals surface area contributed by atoms with E-state index in [4.69, 9.17) is 9.15 Å². The molecule has 7 nitrogen and oxygen atoms in total. The second-order valence-corrected chi connectivity index (χ2v) is 6.78. The number of aryl methyl sites for hydroxylation is 1. The van der Waals surface area contributed by atoms with Gasteiger partial charge in [0.2, 0.25) is 5.78 Å². The van der Waals surface area contributed by atoms with E-state index in [0.29, 0.717) is 28.4 Å². The van der Waals surface area contributed by atoms with Gasteiger partial charge in [-0.05, 0) is 44.2 Å². The van der Waals surface area contributed by atoms with Gasteiger partial charge in [0.15, 0.2) is 0 Å². The van der Waals surface area contributed by atoms with Gasteiger partial charge in [0.1, 0.15) is 17.4 Å². The van der Waals surface area contributed by atoms with Crippen molar-refractivity contribution in [2.24, 2.45) is 0 Å². The Morgan fingerprint density at radius 3 is 3.04 bits per heavy atom. The van der Waals surface area contributed by atoms with Gasteiger partial charge in [-0.15, -0.1) is 0 Å². The van der Waals surface area contributed by atoms with Gasteiger partial charge < -0.3 is 14.5 Å². The number of nitrogens with one attached hydrogen (secondary N) is 1. The van der Waals surface area contributed by atoms with Crippen LogP contribution in [0.1, 0.15) is 12.1 Å². The van der Waals surface area contributed by atoms with Crippen molar-refractivity contribution in [2.45, 2.75) is 19.4 Å². The molecule has 0 unspecified atom stereocenters. The first-order valence-electron chi connectivity index (χ1n) is 8.94. The zero-order chi connectivity index (χ0) is 18.4. The molecule has 1 N–H and O–H groups in total. The molecule has 27 heavy (non-hydrogen) atoms. The summed E-state index contributed by atoms with van der Waals surface area (Å²) in [6.45, 7) is 3.70. The second kappa shape index (κ2) is 6.21. The van der Waals surface area contributed by atoms with Crippen LogP contribution < -0.4 is 15.7 Å². The van der Waals surface area contributed by atoms with Crippen LogP contribution in [-0.4, -0.2) is 33.6 Å². The summed E-state index contributed by atoms with van der Waals surface area (Å²) in [7, 11) is 0. The van der Waals surface area contributed by atoms with Crippen molar-refractivity contribution in [2.75, 3.05) is 13.1 Å². The molecule has 0 saturated carbocycles. The first-order valence-corrected chi connectivity index (χ1v) is 8.94. The van der Waals surface area contributed by atoms with Crippen molar-refractivity contribution >= 4 is 16.7 Å². The van der Waals surface area contributed by atoms with Crippen LogP contribution in [0.2, 0.25) is 0 Å². The maximum absolute atomic E-state index is 12.5. The van der Waals surface area contributed by atoms with Gasteiger partial charge in [-0.3, -0.25) is 4.40 Å². The lowest BCUT2D eigenvalue weighted by Crippen LogP contribution is -2.19. The van der Waals surface area contributed by atoms with Crippen LogP contribution in [0.3, 0.4) is 0 Å². The summed E-state index contributed by atoms with van der Waals surface area (Å²) in [4.78, 5) is 21.4. The lowest BCUT2D eigenvalue weighted by atomic mass is 10.1. The first-order chi connectivity index (χ1) is 13.2. The molecule has 1 aliphatic heterocycles. The fourth-order valence-electron chi connectivity index (χ4n) is 3.35. The second-order valence-electron chi connectivity index (χ2n) is 6.78. The minimum Gasteiger partial charge on any atom is -0.489 e. The lowest BCUT2D eigenvalue weighted by molar-refractivity contribution is 0.223. The molecule has 4 heterocycles. The van der Waals surface area contributed by atoms with Crippen molar-refractivity contribution in [3.8, 4) is 17.0 Å². The van der Waals surface area contributed by atoms with E-state index in [-0.39, 0.29) is 6.10 Å². The monoisotopic (exact) mass is 362 g/mol. The Hall–Kier alpha value is -3.19. The number of imidazole rings is 1. The van der Waals surface area contributed by atoms with Gasteiger partial charge in [-0.2, -0.15) is 0 Å². The summed E-state index contributed by atoms with van der Waals surface area (Å²) in [5, 5.41) is 4.09. The molecule has 5 rings (SSSR count). The Balaban J connectivity index is 1.54. The third-order valence-electron chi connectivity index (χ3n) is 4.77. The van der Waals surface area contributed by atoms with E-state index < -0.39 is 5.63 Å². The highest BCUT2D eigenvalue weighted by atomic mass is 16.5. The van der Waals surface area contributed by atoms with Crippen LogP contribution in [-0.2, 0) is 0 Å². The molecule has 1 aliphatic rings. The average Bonchev–Trinajstić information content (AvgIpc) is 3.30. The number of fused-ring (bicyclic) bond motifs is 2. The Labute approximate surface area is 154 Å². The molecule has 4 aromatic rings. The number of hydrogen-bond donors (Lipinski definition) is 1. The van der Waals surface area contributed by atoms with Crippen LogP contribution in [0.15, 0.2) is 51.9 Å². The van der Waals surface area contributed by atoms with E-state index in [9.17, 15) is 4.79 Å². The normalized spacial score (nSPS) is 17.0. The van der Waals surface area contributed by atoms with Gasteiger partial charge >= 0.3 is 5.63 Å². The van der Waals surface area contributed by atoms with Crippen molar-refractivity contribution in [3.05, 3.63) is 58.8 Å². The summed E-state index contributed by atoms with van der Waals surface area (Å²) in [5.41, 5.74) is 1.91. The molecular weight excluding hydrogens is 344 g/mol. The maximum atomic E-state index is 12.5. The Morgan fingerprint density at radius 2 is 2.19 bits per heavy atom. The summed E-state index contributed by atoms with van der Waals surface area (Å²) in [5.74, 6) is 1.26. The molecule has 136 valence electrons. The summed E-state index contributed by atoms with van der Waals surface area (Å²) < 4.78 is 13.3. The Bertz CT molecular complexity index is 1210. The first kappa shape index (κ1) is 16.0. The van der Waals surface area contributed by atoms with Crippen LogP contribution in [0, 0.1) is 6.92 Å². The van der Waals surface area contributed by atoms with Crippen molar-refractivity contribution in [3.63, 3.8) is 0 Å². The Kier molecular flexibility index (Phi) is 3.68. The minimum absolute atomic E-state index is 0.155. The molecule has 7 heteroatoms. The Morgan fingerprint density at radius 1 is 1.26 bits per heavy atom. The number of aromatic nitrogens is 3. The molecule has 0 aliphatic carbocycles. The largest absolute Gasteiger partial charge is 0.489 e. The number of benzene rings is 1. The highest BCUT2D eigenvalue weighted by Crippen LogP contribution is 2.25. The van der Waals surface area contributed by atoms with E-state index in [1.807, 2.05) is 31.3 Å². The quantitative estimate of drug-likeness (QED) is 0.564. The molecule has 1 saturated heterocycles. The SMILES string of the molecule is Cc1ccn2cc(-c3cc4ccc(O[C@@H]5CCNC5)cc4oc3=O)nc2n1. The molecule has 1 aromatic carbocycles. The average molecular weight is 362 g/mol. The maximum Gasteiger partial charge on any atom is 0.345 e. The number of hydrogen-bond acceptors (Lipinski definition) is 6. The van der Waals surface area contributed by atoms with Crippen molar-refractivity contribution < 1.29 is 9.15 Å². The van der Waals surface area contributed by atoms with Crippen molar-refractivity contribution in [1.29, 1.82) is 0 Å². The predicted molar refractivity (Wildman–Crippen MR) is 101 cm³/mol.